The molecule has 0 spiro atoms. The van der Waals surface area contributed by atoms with Crippen molar-refractivity contribution >= 4 is 21.6 Å². The minimum atomic E-state index is -3.89. The molecule has 1 heterocycles. The third kappa shape index (κ3) is 6.04. The van der Waals surface area contributed by atoms with Gasteiger partial charge in [0.05, 0.1) is 10.6 Å². The Morgan fingerprint density at radius 2 is 1.50 bits per heavy atom. The number of hydrogen-bond acceptors (Lipinski definition) is 4. The van der Waals surface area contributed by atoms with Gasteiger partial charge >= 0.3 is 0 Å². The van der Waals surface area contributed by atoms with Crippen molar-refractivity contribution < 1.29 is 13.2 Å². The van der Waals surface area contributed by atoms with Crippen LogP contribution in [0.1, 0.15) is 29.5 Å². The van der Waals surface area contributed by atoms with Crippen LogP contribution in [0.3, 0.4) is 0 Å². The SMILES string of the molecule is Cc1ccc(N(CC(=O)NCc2ccc(CN3CCCC3)cc2)S(=O)(=O)c2ccccc2)cc1. The highest BCUT2D eigenvalue weighted by Crippen LogP contribution is 2.24. The molecule has 1 fully saturated rings. The number of anilines is 1. The molecule has 1 saturated heterocycles. The van der Waals surface area contributed by atoms with E-state index in [0.29, 0.717) is 12.2 Å². The lowest BCUT2D eigenvalue weighted by atomic mass is 10.1. The molecule has 0 aliphatic carbocycles. The smallest absolute Gasteiger partial charge is 0.264 e. The predicted octanol–water partition coefficient (Wildman–Crippen LogP) is 4.10. The Morgan fingerprint density at radius 1 is 0.882 bits per heavy atom. The minimum absolute atomic E-state index is 0.150. The van der Waals surface area contributed by atoms with E-state index >= 15 is 0 Å². The Kier molecular flexibility index (Phi) is 7.65. The van der Waals surface area contributed by atoms with Crippen molar-refractivity contribution in [2.45, 2.75) is 37.8 Å². The van der Waals surface area contributed by atoms with Gasteiger partial charge in [-0.05, 0) is 68.2 Å². The molecule has 6 nitrogen and oxygen atoms in total. The average Bonchev–Trinajstić information content (AvgIpc) is 3.36. The number of likely N-dealkylation sites (tertiary alicyclic amines) is 1. The summed E-state index contributed by atoms with van der Waals surface area (Å²) < 4.78 is 27.9. The summed E-state index contributed by atoms with van der Waals surface area (Å²) in [5, 5.41) is 2.87. The molecule has 1 amide bonds. The van der Waals surface area contributed by atoms with Crippen LogP contribution in [0.4, 0.5) is 5.69 Å². The van der Waals surface area contributed by atoms with Gasteiger partial charge in [-0.2, -0.15) is 0 Å². The van der Waals surface area contributed by atoms with Gasteiger partial charge in [-0.25, -0.2) is 8.42 Å². The number of aryl methyl sites for hydroxylation is 1. The van der Waals surface area contributed by atoms with Gasteiger partial charge in [0.25, 0.3) is 10.0 Å². The summed E-state index contributed by atoms with van der Waals surface area (Å²) in [6.07, 6.45) is 2.54. The molecule has 4 rings (SSSR count). The van der Waals surface area contributed by atoms with Crippen LogP contribution in [0.2, 0.25) is 0 Å². The Morgan fingerprint density at radius 3 is 2.15 bits per heavy atom. The van der Waals surface area contributed by atoms with Gasteiger partial charge in [0.2, 0.25) is 5.91 Å². The second kappa shape index (κ2) is 10.8. The number of nitrogens with one attached hydrogen (secondary N) is 1. The molecule has 1 aliphatic heterocycles. The fourth-order valence-electron chi connectivity index (χ4n) is 4.09. The molecule has 0 unspecified atom stereocenters. The summed E-state index contributed by atoms with van der Waals surface area (Å²) >= 11 is 0. The molecule has 0 radical (unpaired) electrons. The van der Waals surface area contributed by atoms with Crippen LogP contribution in [0.25, 0.3) is 0 Å². The molecule has 0 atom stereocenters. The van der Waals surface area contributed by atoms with Gasteiger partial charge in [-0.15, -0.1) is 0 Å². The van der Waals surface area contributed by atoms with Crippen molar-refractivity contribution in [3.8, 4) is 0 Å². The van der Waals surface area contributed by atoms with E-state index in [1.54, 1.807) is 30.3 Å². The first-order valence-corrected chi connectivity index (χ1v) is 13.1. The molecule has 1 N–H and O–H groups in total. The van der Waals surface area contributed by atoms with Crippen LogP contribution in [0.15, 0.2) is 83.8 Å². The quantitative estimate of drug-likeness (QED) is 0.504. The monoisotopic (exact) mass is 477 g/mol. The first-order chi connectivity index (χ1) is 16.4. The topological polar surface area (TPSA) is 69.7 Å². The van der Waals surface area contributed by atoms with Gasteiger partial charge < -0.3 is 5.32 Å². The van der Waals surface area contributed by atoms with Crippen LogP contribution >= 0.6 is 0 Å². The molecule has 3 aromatic rings. The highest BCUT2D eigenvalue weighted by atomic mass is 32.2. The molecule has 7 heteroatoms. The highest BCUT2D eigenvalue weighted by molar-refractivity contribution is 7.92. The zero-order chi connectivity index (χ0) is 24.0. The van der Waals surface area contributed by atoms with E-state index in [0.717, 1.165) is 35.1 Å². The van der Waals surface area contributed by atoms with Crippen molar-refractivity contribution in [1.29, 1.82) is 0 Å². The van der Waals surface area contributed by atoms with Gasteiger partial charge in [-0.1, -0.05) is 60.2 Å². The van der Waals surface area contributed by atoms with Crippen LogP contribution in [-0.4, -0.2) is 38.9 Å². The largest absolute Gasteiger partial charge is 0.350 e. The lowest BCUT2D eigenvalue weighted by Crippen LogP contribution is -2.40. The molecular formula is C27H31N3O3S. The molecule has 0 saturated carbocycles. The third-order valence-corrected chi connectivity index (χ3v) is 7.85. The lowest BCUT2D eigenvalue weighted by Gasteiger charge is -2.24. The average molecular weight is 478 g/mol. The standard InChI is InChI=1S/C27H31N3O3S/c1-22-9-15-25(16-10-22)30(34(32,33)26-7-3-2-4-8-26)21-27(31)28-19-23-11-13-24(14-12-23)20-29-17-5-6-18-29/h2-4,7-16H,5-6,17-21H2,1H3,(H,28,31). The molecule has 3 aromatic carbocycles. The Bertz CT molecular complexity index is 1190. The van der Waals surface area contributed by atoms with E-state index in [1.807, 2.05) is 31.2 Å². The first kappa shape index (κ1) is 24.0. The molecular weight excluding hydrogens is 446 g/mol. The van der Waals surface area contributed by atoms with Crippen LogP contribution in [0, 0.1) is 6.92 Å². The van der Waals surface area contributed by atoms with Crippen molar-refractivity contribution in [3.63, 3.8) is 0 Å². The number of benzene rings is 3. The maximum atomic E-state index is 13.3. The van der Waals surface area contributed by atoms with Gasteiger partial charge in [0.1, 0.15) is 6.54 Å². The second-order valence-corrected chi connectivity index (χ2v) is 10.6. The van der Waals surface area contributed by atoms with E-state index in [9.17, 15) is 13.2 Å². The number of nitrogens with zero attached hydrogens (tertiary/aromatic N) is 2. The van der Waals surface area contributed by atoms with E-state index in [-0.39, 0.29) is 17.3 Å². The lowest BCUT2D eigenvalue weighted by molar-refractivity contribution is -0.119. The van der Waals surface area contributed by atoms with E-state index in [1.165, 1.54) is 30.5 Å². The van der Waals surface area contributed by atoms with Gasteiger partial charge in [0, 0.05) is 13.1 Å². The summed E-state index contributed by atoms with van der Waals surface area (Å²) in [6, 6.07) is 23.5. The van der Waals surface area contributed by atoms with Crippen molar-refractivity contribution in [3.05, 3.63) is 95.6 Å². The van der Waals surface area contributed by atoms with Crippen LogP contribution in [-0.2, 0) is 27.9 Å². The maximum absolute atomic E-state index is 13.3. The predicted molar refractivity (Wildman–Crippen MR) is 135 cm³/mol. The van der Waals surface area contributed by atoms with Gasteiger partial charge in [0.15, 0.2) is 0 Å². The number of carbonyl (C=O) groups excluding carboxylic acids is 1. The highest BCUT2D eigenvalue weighted by Gasteiger charge is 2.27. The normalized spacial score (nSPS) is 14.1. The zero-order valence-corrected chi connectivity index (χ0v) is 20.3. The van der Waals surface area contributed by atoms with E-state index in [4.69, 9.17) is 0 Å². The fourth-order valence-corrected chi connectivity index (χ4v) is 5.54. The Labute approximate surface area is 202 Å². The number of rotatable bonds is 9. The maximum Gasteiger partial charge on any atom is 0.264 e. The summed E-state index contributed by atoms with van der Waals surface area (Å²) in [4.78, 5) is 15.4. The Hall–Kier alpha value is -3.16. The third-order valence-electron chi connectivity index (χ3n) is 6.06. The van der Waals surface area contributed by atoms with E-state index < -0.39 is 10.0 Å². The number of sulfonamides is 1. The van der Waals surface area contributed by atoms with Crippen LogP contribution in [0.5, 0.6) is 0 Å². The fraction of sp³-hybridized carbons (Fsp3) is 0.296. The molecule has 178 valence electrons. The number of amides is 1. The summed E-state index contributed by atoms with van der Waals surface area (Å²) in [5.41, 5.74) is 3.71. The zero-order valence-electron chi connectivity index (χ0n) is 19.5. The summed E-state index contributed by atoms with van der Waals surface area (Å²) in [6.45, 7) is 5.24. The molecule has 0 bridgehead atoms. The number of carbonyl (C=O) groups is 1. The molecule has 1 aliphatic rings. The van der Waals surface area contributed by atoms with E-state index in [2.05, 4.69) is 22.3 Å². The first-order valence-electron chi connectivity index (χ1n) is 11.6. The summed E-state index contributed by atoms with van der Waals surface area (Å²) in [7, 11) is -3.89. The van der Waals surface area contributed by atoms with Crippen molar-refractivity contribution in [2.75, 3.05) is 23.9 Å². The molecule has 0 aromatic heterocycles. The number of hydrogen-bond donors (Lipinski definition) is 1. The van der Waals surface area contributed by atoms with Crippen molar-refractivity contribution in [1.82, 2.24) is 10.2 Å². The van der Waals surface area contributed by atoms with Crippen molar-refractivity contribution in [2.24, 2.45) is 0 Å². The molecule has 34 heavy (non-hydrogen) atoms. The Balaban J connectivity index is 1.43. The minimum Gasteiger partial charge on any atom is -0.350 e. The second-order valence-electron chi connectivity index (χ2n) is 8.74. The summed E-state index contributed by atoms with van der Waals surface area (Å²) in [5.74, 6) is -0.360. The van der Waals surface area contributed by atoms with Crippen LogP contribution < -0.4 is 9.62 Å². The van der Waals surface area contributed by atoms with Gasteiger partial charge in [-0.3, -0.25) is 14.0 Å².